The highest BCUT2D eigenvalue weighted by molar-refractivity contribution is 6.31. The smallest absolute Gasteiger partial charge is 0.263 e. The number of rotatable bonds is 4. The van der Waals surface area contributed by atoms with Crippen molar-refractivity contribution in [3.63, 3.8) is 0 Å². The van der Waals surface area contributed by atoms with E-state index in [1.165, 1.54) is 12.1 Å². The Morgan fingerprint density at radius 2 is 1.77 bits per heavy atom. The van der Waals surface area contributed by atoms with Crippen molar-refractivity contribution in [1.29, 1.82) is 0 Å². The summed E-state index contributed by atoms with van der Waals surface area (Å²) in [6.45, 7) is 6.32. The van der Waals surface area contributed by atoms with E-state index in [0.29, 0.717) is 37.0 Å². The van der Waals surface area contributed by atoms with Gasteiger partial charge in [-0.25, -0.2) is 4.39 Å². The van der Waals surface area contributed by atoms with E-state index in [1.807, 2.05) is 17.9 Å². The monoisotopic (exact) mass is 376 g/mol. The predicted octanol–water partition coefficient (Wildman–Crippen LogP) is 3.90. The summed E-state index contributed by atoms with van der Waals surface area (Å²) in [5.74, 6) is 0.361. The second kappa shape index (κ2) is 7.96. The highest BCUT2D eigenvalue weighted by Gasteiger charge is 2.26. The van der Waals surface area contributed by atoms with Gasteiger partial charge in [-0.2, -0.15) is 0 Å². The zero-order chi connectivity index (χ0) is 18.7. The Morgan fingerprint density at radius 1 is 1.12 bits per heavy atom. The number of aryl methyl sites for hydroxylation is 1. The average Bonchev–Trinajstić information content (AvgIpc) is 2.65. The first-order valence-corrected chi connectivity index (χ1v) is 9.04. The number of benzene rings is 2. The Bertz CT molecular complexity index is 774. The third kappa shape index (κ3) is 4.28. The quantitative estimate of drug-likeness (QED) is 0.811. The van der Waals surface area contributed by atoms with Crippen LogP contribution in [-0.2, 0) is 4.79 Å². The van der Waals surface area contributed by atoms with E-state index in [1.54, 1.807) is 31.2 Å². The summed E-state index contributed by atoms with van der Waals surface area (Å²) < 4.78 is 18.8. The molecular weight excluding hydrogens is 355 g/mol. The fourth-order valence-corrected chi connectivity index (χ4v) is 3.16. The molecule has 26 heavy (non-hydrogen) atoms. The first kappa shape index (κ1) is 18.5. The maximum absolute atomic E-state index is 13.0. The second-order valence-electron chi connectivity index (χ2n) is 6.46. The number of nitrogens with zero attached hydrogens (tertiary/aromatic N) is 2. The minimum Gasteiger partial charge on any atom is -0.481 e. The third-order valence-corrected chi connectivity index (χ3v) is 5.00. The van der Waals surface area contributed by atoms with Crippen LogP contribution in [0.2, 0.25) is 5.02 Å². The molecule has 0 bridgehead atoms. The van der Waals surface area contributed by atoms with Crippen LogP contribution in [0.15, 0.2) is 42.5 Å². The lowest BCUT2D eigenvalue weighted by atomic mass is 10.2. The van der Waals surface area contributed by atoms with Crippen LogP contribution in [0.4, 0.5) is 10.1 Å². The molecule has 6 heteroatoms. The molecule has 1 heterocycles. The molecule has 4 nitrogen and oxygen atoms in total. The van der Waals surface area contributed by atoms with Gasteiger partial charge in [0.25, 0.3) is 5.91 Å². The van der Waals surface area contributed by atoms with Gasteiger partial charge in [-0.1, -0.05) is 11.6 Å². The van der Waals surface area contributed by atoms with E-state index in [4.69, 9.17) is 16.3 Å². The fraction of sp³-hybridized carbons (Fsp3) is 0.350. The normalized spacial score (nSPS) is 15.7. The van der Waals surface area contributed by atoms with E-state index in [9.17, 15) is 9.18 Å². The van der Waals surface area contributed by atoms with Gasteiger partial charge in [0.05, 0.1) is 0 Å². The SMILES string of the molecule is Cc1cc(O[C@@H](C)C(=O)N2CCN(c3ccc(F)cc3)CC2)ccc1Cl. The molecule has 0 spiro atoms. The molecule has 0 radical (unpaired) electrons. The molecule has 3 rings (SSSR count). The van der Waals surface area contributed by atoms with Crippen molar-refractivity contribution < 1.29 is 13.9 Å². The summed E-state index contributed by atoms with van der Waals surface area (Å²) >= 11 is 6.02. The minimum atomic E-state index is -0.562. The van der Waals surface area contributed by atoms with Crippen molar-refractivity contribution in [1.82, 2.24) is 4.90 Å². The van der Waals surface area contributed by atoms with Crippen LogP contribution >= 0.6 is 11.6 Å². The summed E-state index contributed by atoms with van der Waals surface area (Å²) in [5.41, 5.74) is 1.89. The van der Waals surface area contributed by atoms with Crippen molar-refractivity contribution in [3.8, 4) is 5.75 Å². The number of amides is 1. The van der Waals surface area contributed by atoms with Crippen LogP contribution in [0.25, 0.3) is 0 Å². The number of carbonyl (C=O) groups excluding carboxylic acids is 1. The van der Waals surface area contributed by atoms with Gasteiger partial charge in [-0.15, -0.1) is 0 Å². The number of hydrogen-bond acceptors (Lipinski definition) is 3. The van der Waals surface area contributed by atoms with Gasteiger partial charge in [0.1, 0.15) is 11.6 Å². The van der Waals surface area contributed by atoms with Crippen LogP contribution in [0.1, 0.15) is 12.5 Å². The van der Waals surface area contributed by atoms with Crippen LogP contribution in [0, 0.1) is 12.7 Å². The van der Waals surface area contributed by atoms with Crippen molar-refractivity contribution in [2.45, 2.75) is 20.0 Å². The van der Waals surface area contributed by atoms with Crippen LogP contribution < -0.4 is 9.64 Å². The zero-order valence-electron chi connectivity index (χ0n) is 14.9. The Morgan fingerprint density at radius 3 is 2.38 bits per heavy atom. The Hall–Kier alpha value is -2.27. The summed E-state index contributed by atoms with van der Waals surface area (Å²) in [6, 6.07) is 11.8. The lowest BCUT2D eigenvalue weighted by Gasteiger charge is -2.37. The number of piperazine rings is 1. The van der Waals surface area contributed by atoms with Gasteiger partial charge < -0.3 is 14.5 Å². The highest BCUT2D eigenvalue weighted by Crippen LogP contribution is 2.23. The Kier molecular flexibility index (Phi) is 5.67. The molecule has 0 aromatic heterocycles. The number of carbonyl (C=O) groups is 1. The maximum atomic E-state index is 13.0. The predicted molar refractivity (Wildman–Crippen MR) is 101 cm³/mol. The molecule has 1 aliphatic heterocycles. The van der Waals surface area contributed by atoms with Crippen LogP contribution in [0.5, 0.6) is 5.75 Å². The second-order valence-corrected chi connectivity index (χ2v) is 6.87. The molecule has 1 atom stereocenters. The van der Waals surface area contributed by atoms with E-state index in [-0.39, 0.29) is 11.7 Å². The van der Waals surface area contributed by atoms with Gasteiger partial charge in [-0.05, 0) is 61.9 Å². The molecule has 1 aliphatic rings. The summed E-state index contributed by atoms with van der Waals surface area (Å²) in [7, 11) is 0. The van der Waals surface area contributed by atoms with Gasteiger partial charge in [0, 0.05) is 36.9 Å². The largest absolute Gasteiger partial charge is 0.481 e. The molecule has 0 aliphatic carbocycles. The lowest BCUT2D eigenvalue weighted by molar-refractivity contribution is -0.138. The number of hydrogen-bond donors (Lipinski definition) is 0. The first-order chi connectivity index (χ1) is 12.4. The van der Waals surface area contributed by atoms with E-state index < -0.39 is 6.10 Å². The molecule has 2 aromatic rings. The third-order valence-electron chi connectivity index (χ3n) is 4.57. The molecule has 1 saturated heterocycles. The molecule has 1 fully saturated rings. The standard InChI is InChI=1S/C20H22ClFN2O2/c1-14-13-18(7-8-19(14)21)26-15(2)20(25)24-11-9-23(10-12-24)17-5-3-16(22)4-6-17/h3-8,13,15H,9-12H2,1-2H3/t15-/m0/s1. The van der Waals surface area contributed by atoms with Gasteiger partial charge in [0.15, 0.2) is 6.10 Å². The van der Waals surface area contributed by atoms with E-state index in [2.05, 4.69) is 4.90 Å². The van der Waals surface area contributed by atoms with Gasteiger partial charge >= 0.3 is 0 Å². The molecule has 2 aromatic carbocycles. The molecule has 1 amide bonds. The summed E-state index contributed by atoms with van der Waals surface area (Å²) in [6.07, 6.45) is -0.562. The summed E-state index contributed by atoms with van der Waals surface area (Å²) in [5, 5.41) is 0.674. The minimum absolute atomic E-state index is 0.0311. The maximum Gasteiger partial charge on any atom is 0.263 e. The Labute approximate surface area is 158 Å². The van der Waals surface area contributed by atoms with E-state index in [0.717, 1.165) is 11.3 Å². The van der Waals surface area contributed by atoms with Crippen molar-refractivity contribution in [3.05, 3.63) is 58.9 Å². The Balaban J connectivity index is 1.55. The van der Waals surface area contributed by atoms with Crippen LogP contribution in [0.3, 0.4) is 0 Å². The van der Waals surface area contributed by atoms with Crippen molar-refractivity contribution >= 4 is 23.2 Å². The van der Waals surface area contributed by atoms with Crippen LogP contribution in [-0.4, -0.2) is 43.1 Å². The number of ether oxygens (including phenoxy) is 1. The number of halogens is 2. The molecule has 0 N–H and O–H groups in total. The van der Waals surface area contributed by atoms with Crippen molar-refractivity contribution in [2.24, 2.45) is 0 Å². The zero-order valence-corrected chi connectivity index (χ0v) is 15.7. The van der Waals surface area contributed by atoms with Gasteiger partial charge in [0.2, 0.25) is 0 Å². The fourth-order valence-electron chi connectivity index (χ4n) is 3.04. The average molecular weight is 377 g/mol. The summed E-state index contributed by atoms with van der Waals surface area (Å²) in [4.78, 5) is 16.6. The molecule has 138 valence electrons. The van der Waals surface area contributed by atoms with E-state index >= 15 is 0 Å². The molecule has 0 saturated carbocycles. The number of anilines is 1. The highest BCUT2D eigenvalue weighted by atomic mass is 35.5. The molecule has 0 unspecified atom stereocenters. The van der Waals surface area contributed by atoms with Crippen molar-refractivity contribution in [2.75, 3.05) is 31.1 Å². The topological polar surface area (TPSA) is 32.8 Å². The first-order valence-electron chi connectivity index (χ1n) is 8.66. The van der Waals surface area contributed by atoms with Gasteiger partial charge in [-0.3, -0.25) is 4.79 Å². The molecular formula is C20H22ClFN2O2. The lowest BCUT2D eigenvalue weighted by Crippen LogP contribution is -2.52.